The molecule has 0 heterocycles. The van der Waals surface area contributed by atoms with E-state index < -0.39 is 22.2 Å². The molecule has 0 fully saturated rings. The molecule has 0 saturated carbocycles. The van der Waals surface area contributed by atoms with Crippen LogP contribution >= 0.6 is 0 Å². The molecule has 2 rings (SSSR count). The number of nitrogens with two attached hydrogens (primary N) is 1. The van der Waals surface area contributed by atoms with E-state index in [-0.39, 0.29) is 28.8 Å². The summed E-state index contributed by atoms with van der Waals surface area (Å²) < 4.78 is 58.5. The van der Waals surface area contributed by atoms with E-state index in [4.69, 9.17) is 5.14 Å². The lowest BCUT2D eigenvalue weighted by molar-refractivity contribution is 0.151. The maximum Gasteiger partial charge on any atom is 0.263 e. The van der Waals surface area contributed by atoms with Gasteiger partial charge in [-0.3, -0.25) is 0 Å². The van der Waals surface area contributed by atoms with Crippen molar-refractivity contribution in [2.75, 3.05) is 20.6 Å². The summed E-state index contributed by atoms with van der Waals surface area (Å²) in [5.74, 6) is -0.581. The molecule has 2 aromatic rings. The number of halogens is 3. The van der Waals surface area contributed by atoms with Gasteiger partial charge in [0.05, 0.1) is 11.4 Å². The van der Waals surface area contributed by atoms with Gasteiger partial charge in [-0.25, -0.2) is 26.9 Å². The molecule has 0 aliphatic carbocycles. The third kappa shape index (κ3) is 6.56. The van der Waals surface area contributed by atoms with Gasteiger partial charge >= 0.3 is 0 Å². The Hall–Kier alpha value is -1.90. The molecule has 0 aromatic heterocycles. The van der Waals surface area contributed by atoms with E-state index in [0.717, 1.165) is 22.3 Å². The Balaban J connectivity index is 2.38. The van der Waals surface area contributed by atoms with Crippen LogP contribution in [-0.4, -0.2) is 29.7 Å². The maximum absolute atomic E-state index is 14.6. The highest BCUT2D eigenvalue weighted by Crippen LogP contribution is 2.33. The van der Waals surface area contributed by atoms with Crippen molar-refractivity contribution in [2.24, 2.45) is 9.50 Å². The zero-order valence-electron chi connectivity index (χ0n) is 19.7. The van der Waals surface area contributed by atoms with Crippen LogP contribution in [0.5, 0.6) is 0 Å². The zero-order chi connectivity index (χ0) is 24.2. The maximum atomic E-state index is 14.6. The first-order valence-corrected chi connectivity index (χ1v) is 12.3. The van der Waals surface area contributed by atoms with Crippen LogP contribution in [0.15, 0.2) is 39.6 Å². The van der Waals surface area contributed by atoms with Gasteiger partial charge in [-0.1, -0.05) is 33.8 Å². The van der Waals surface area contributed by atoms with Gasteiger partial charge in [0.1, 0.15) is 15.7 Å². The van der Waals surface area contributed by atoms with Crippen molar-refractivity contribution in [3.8, 4) is 0 Å². The van der Waals surface area contributed by atoms with Crippen LogP contribution in [0.2, 0.25) is 0 Å². The molecule has 0 aliphatic heterocycles. The largest absolute Gasteiger partial charge is 0.305 e. The third-order valence-corrected chi connectivity index (χ3v) is 6.82. The van der Waals surface area contributed by atoms with E-state index in [9.17, 15) is 17.4 Å². The Morgan fingerprint density at radius 2 is 1.59 bits per heavy atom. The Morgan fingerprint density at radius 1 is 1.03 bits per heavy atom. The van der Waals surface area contributed by atoms with Gasteiger partial charge in [0.2, 0.25) is 0 Å². The quantitative estimate of drug-likeness (QED) is 0.489. The Bertz CT molecular complexity index is 1030. The molecular weight excluding hydrogens is 435 g/mol. The molecule has 0 amide bonds. The highest BCUT2D eigenvalue weighted by molar-refractivity contribution is 7.91. The zero-order valence-corrected chi connectivity index (χ0v) is 20.5. The molecule has 2 aromatic carbocycles. The van der Waals surface area contributed by atoms with Crippen LogP contribution in [0, 0.1) is 5.82 Å². The first-order chi connectivity index (χ1) is 14.8. The molecular formula is C24H34F3N3OS. The highest BCUT2D eigenvalue weighted by atomic mass is 32.2. The summed E-state index contributed by atoms with van der Waals surface area (Å²) in [7, 11) is 0.318. The Kier molecular flexibility index (Phi) is 8.90. The average Bonchev–Trinajstić information content (AvgIpc) is 2.66. The predicted octanol–water partition coefficient (Wildman–Crippen LogP) is 6.02. The summed E-state index contributed by atoms with van der Waals surface area (Å²) in [4.78, 5) is 1.78. The first kappa shape index (κ1) is 26.4. The van der Waals surface area contributed by atoms with Crippen molar-refractivity contribution in [3.05, 3.63) is 64.0 Å². The summed E-state index contributed by atoms with van der Waals surface area (Å²) in [6.07, 6.45) is -2.16. The summed E-state index contributed by atoms with van der Waals surface area (Å²) in [5.41, 5.74) is 3.31. The second-order valence-corrected chi connectivity index (χ2v) is 10.8. The smallest absolute Gasteiger partial charge is 0.263 e. The van der Waals surface area contributed by atoms with E-state index in [1.165, 1.54) is 12.1 Å². The Morgan fingerprint density at radius 3 is 2.03 bits per heavy atom. The van der Waals surface area contributed by atoms with Crippen molar-refractivity contribution < 1.29 is 17.4 Å². The fourth-order valence-corrected chi connectivity index (χ4v) is 4.90. The van der Waals surface area contributed by atoms with Crippen LogP contribution in [0.25, 0.3) is 0 Å². The standard InChI is InChI=1S/C24H34F3N3OS/c1-15(2)20-12-18(24(26)27)13-21(16(3)4)19(20)9-10-29-32(28,31)23-8-7-17(11-22(23)25)14-30(5)6/h7-8,11-13,15-16,24H,9-10,14H2,1-6H3,(H2,28,29,31). The van der Waals surface area contributed by atoms with E-state index in [1.54, 1.807) is 18.2 Å². The SMILES string of the molecule is CC(C)c1cc(C(F)F)cc(C(C)C)c1CCN=S(N)(=O)c1ccc(CN(C)C)cc1F. The van der Waals surface area contributed by atoms with Crippen molar-refractivity contribution in [1.29, 1.82) is 0 Å². The van der Waals surface area contributed by atoms with Crippen LogP contribution in [0.4, 0.5) is 13.2 Å². The molecule has 0 aliphatic rings. The summed E-state index contributed by atoms with van der Waals surface area (Å²) >= 11 is 0. The Labute approximate surface area is 190 Å². The summed E-state index contributed by atoms with van der Waals surface area (Å²) in [6, 6.07) is 7.53. The third-order valence-electron chi connectivity index (χ3n) is 5.29. The second kappa shape index (κ2) is 10.8. The van der Waals surface area contributed by atoms with Crippen LogP contribution in [0.3, 0.4) is 0 Å². The normalized spacial score (nSPS) is 13.9. The lowest BCUT2D eigenvalue weighted by Crippen LogP contribution is -2.17. The lowest BCUT2D eigenvalue weighted by atomic mass is 9.85. The van der Waals surface area contributed by atoms with E-state index in [2.05, 4.69) is 4.36 Å². The van der Waals surface area contributed by atoms with Gasteiger partial charge in [-0.2, -0.15) is 0 Å². The first-order valence-electron chi connectivity index (χ1n) is 10.7. The van der Waals surface area contributed by atoms with Crippen LogP contribution in [0.1, 0.15) is 73.8 Å². The van der Waals surface area contributed by atoms with E-state index in [0.29, 0.717) is 13.0 Å². The van der Waals surface area contributed by atoms with E-state index >= 15 is 0 Å². The lowest BCUT2D eigenvalue weighted by Gasteiger charge is -2.21. The topological polar surface area (TPSA) is 58.7 Å². The van der Waals surface area contributed by atoms with Gasteiger partial charge in [0, 0.05) is 12.1 Å². The van der Waals surface area contributed by atoms with Gasteiger partial charge in [-0.05, 0) is 78.9 Å². The molecule has 0 bridgehead atoms. The number of hydrogen-bond acceptors (Lipinski definition) is 3. The molecule has 0 spiro atoms. The molecule has 8 heteroatoms. The molecule has 2 N–H and O–H groups in total. The number of hydrogen-bond donors (Lipinski definition) is 1. The molecule has 0 saturated heterocycles. The minimum Gasteiger partial charge on any atom is -0.305 e. The number of nitrogens with zero attached hydrogens (tertiary/aromatic N) is 2. The molecule has 4 nitrogen and oxygen atoms in total. The van der Waals surface area contributed by atoms with Crippen molar-refractivity contribution in [1.82, 2.24) is 4.90 Å². The minimum atomic E-state index is -3.43. The number of alkyl halides is 2. The fraction of sp³-hybridized carbons (Fsp3) is 0.500. The van der Waals surface area contributed by atoms with Crippen molar-refractivity contribution in [3.63, 3.8) is 0 Å². The number of benzene rings is 2. The fourth-order valence-electron chi connectivity index (χ4n) is 3.79. The number of rotatable bonds is 9. The molecule has 1 atom stereocenters. The molecule has 32 heavy (non-hydrogen) atoms. The molecule has 178 valence electrons. The highest BCUT2D eigenvalue weighted by Gasteiger charge is 2.20. The molecule has 1 unspecified atom stereocenters. The van der Waals surface area contributed by atoms with E-state index in [1.807, 2.05) is 46.7 Å². The minimum absolute atomic E-state index is 0.000551. The van der Waals surface area contributed by atoms with Crippen LogP contribution < -0.4 is 5.14 Å². The second-order valence-electron chi connectivity index (χ2n) is 8.96. The monoisotopic (exact) mass is 469 g/mol. The summed E-state index contributed by atoms with van der Waals surface area (Å²) in [5, 5.41) is 5.93. The van der Waals surface area contributed by atoms with Gasteiger partial charge < -0.3 is 4.90 Å². The molecule has 0 radical (unpaired) electrons. The predicted molar refractivity (Wildman–Crippen MR) is 125 cm³/mol. The van der Waals surface area contributed by atoms with Crippen LogP contribution in [-0.2, 0) is 22.9 Å². The van der Waals surface area contributed by atoms with Gasteiger partial charge in [0.25, 0.3) is 6.43 Å². The summed E-state index contributed by atoms with van der Waals surface area (Å²) in [6.45, 7) is 8.45. The van der Waals surface area contributed by atoms with Crippen molar-refractivity contribution in [2.45, 2.75) is 63.8 Å². The van der Waals surface area contributed by atoms with Crippen molar-refractivity contribution >= 4 is 9.92 Å². The van der Waals surface area contributed by atoms with Gasteiger partial charge in [-0.15, -0.1) is 0 Å². The average molecular weight is 470 g/mol. The van der Waals surface area contributed by atoms with Gasteiger partial charge in [0.15, 0.2) is 0 Å².